The van der Waals surface area contributed by atoms with Gasteiger partial charge in [0, 0.05) is 14.8 Å². The highest BCUT2D eigenvalue weighted by Gasteiger charge is 2.44. The minimum absolute atomic E-state index is 0.0206. The highest BCUT2D eigenvalue weighted by Crippen LogP contribution is 2.48. The summed E-state index contributed by atoms with van der Waals surface area (Å²) in [6, 6.07) is 9.30. The number of amides is 1. The van der Waals surface area contributed by atoms with E-state index in [9.17, 15) is 4.79 Å². The standard InChI is InChI=1S/C22H27BrN2OS/c1-14-11-17(23)12-18(15(14)2)22(5)13-21(3,4)27-20(25-22)24-19(26)16-9-7-6-8-10-16/h6-12,14-15H,13H2,1-5H3,(H,24,25,26)/t14?,15?,22-/m0/s1. The molecule has 1 aliphatic heterocycles. The summed E-state index contributed by atoms with van der Waals surface area (Å²) >= 11 is 5.31. The lowest BCUT2D eigenvalue weighted by molar-refractivity contribution is 0.0977. The molecule has 1 aromatic rings. The number of carbonyl (C=O) groups is 1. The summed E-state index contributed by atoms with van der Waals surface area (Å²) < 4.78 is 1.10. The van der Waals surface area contributed by atoms with Crippen LogP contribution in [0, 0.1) is 11.8 Å². The van der Waals surface area contributed by atoms with Crippen molar-refractivity contribution in [3.8, 4) is 0 Å². The zero-order valence-corrected chi connectivity index (χ0v) is 18.9. The van der Waals surface area contributed by atoms with Crippen LogP contribution in [-0.2, 0) is 0 Å². The number of hydrogen-bond donors (Lipinski definition) is 1. The summed E-state index contributed by atoms with van der Waals surface area (Å²) in [6.07, 6.45) is 5.40. The Kier molecular flexibility index (Phi) is 5.74. The Hall–Kier alpha value is -1.33. The Balaban J connectivity index is 1.94. The van der Waals surface area contributed by atoms with Crippen LogP contribution < -0.4 is 5.32 Å². The van der Waals surface area contributed by atoms with E-state index < -0.39 is 0 Å². The van der Waals surface area contributed by atoms with Crippen LogP contribution in [0.4, 0.5) is 0 Å². The highest BCUT2D eigenvalue weighted by molar-refractivity contribution is 9.11. The number of rotatable bonds is 2. The predicted octanol–water partition coefficient (Wildman–Crippen LogP) is 5.94. The molecule has 2 unspecified atom stereocenters. The third kappa shape index (κ3) is 4.57. The van der Waals surface area contributed by atoms with Gasteiger partial charge in [-0.2, -0.15) is 0 Å². The SMILES string of the molecule is CC1C=C(Br)C=C([C@]2(C)CC(C)(C)SC(NC(=O)c3ccccc3)=N2)C1C. The van der Waals surface area contributed by atoms with Crippen molar-refractivity contribution in [2.75, 3.05) is 0 Å². The lowest BCUT2D eigenvalue weighted by atomic mass is 9.72. The Morgan fingerprint density at radius 2 is 1.89 bits per heavy atom. The first kappa shape index (κ1) is 20.4. The number of allylic oxidation sites excluding steroid dienone is 3. The van der Waals surface area contributed by atoms with Crippen LogP contribution in [0.2, 0.25) is 0 Å². The van der Waals surface area contributed by atoms with Gasteiger partial charge in [-0.05, 0) is 49.0 Å². The molecule has 5 heteroatoms. The predicted molar refractivity (Wildman–Crippen MR) is 119 cm³/mol. The number of amidine groups is 1. The van der Waals surface area contributed by atoms with Crippen LogP contribution in [0.1, 0.15) is 51.4 Å². The smallest absolute Gasteiger partial charge is 0.257 e. The molecule has 1 heterocycles. The van der Waals surface area contributed by atoms with Crippen LogP contribution >= 0.6 is 27.7 Å². The second-order valence-corrected chi connectivity index (χ2v) is 11.0. The van der Waals surface area contributed by atoms with Gasteiger partial charge in [-0.15, -0.1) is 0 Å². The molecule has 2 aliphatic rings. The molecule has 3 atom stereocenters. The number of nitrogens with one attached hydrogen (secondary N) is 1. The largest absolute Gasteiger partial charge is 0.301 e. The topological polar surface area (TPSA) is 41.5 Å². The fourth-order valence-corrected chi connectivity index (χ4v) is 5.98. The average Bonchev–Trinajstić information content (AvgIpc) is 2.57. The van der Waals surface area contributed by atoms with Crippen LogP contribution in [-0.4, -0.2) is 21.4 Å². The van der Waals surface area contributed by atoms with E-state index in [1.54, 1.807) is 11.8 Å². The van der Waals surface area contributed by atoms with E-state index in [1.807, 2.05) is 30.3 Å². The lowest BCUT2D eigenvalue weighted by Gasteiger charge is -2.44. The van der Waals surface area contributed by atoms with Crippen molar-refractivity contribution in [3.63, 3.8) is 0 Å². The molecule has 1 aliphatic carbocycles. The van der Waals surface area contributed by atoms with Crippen molar-refractivity contribution < 1.29 is 4.79 Å². The maximum Gasteiger partial charge on any atom is 0.257 e. The van der Waals surface area contributed by atoms with Gasteiger partial charge in [0.15, 0.2) is 5.17 Å². The number of halogens is 1. The quantitative estimate of drug-likeness (QED) is 0.610. The van der Waals surface area contributed by atoms with E-state index in [2.05, 4.69) is 68.0 Å². The Morgan fingerprint density at radius 3 is 2.56 bits per heavy atom. The molecule has 0 radical (unpaired) electrons. The average molecular weight is 447 g/mol. The summed E-state index contributed by atoms with van der Waals surface area (Å²) in [6.45, 7) is 11.2. The van der Waals surface area contributed by atoms with Gasteiger partial charge in [-0.25, -0.2) is 0 Å². The van der Waals surface area contributed by atoms with Gasteiger partial charge in [0.2, 0.25) is 0 Å². The number of thioether (sulfide) groups is 1. The summed E-state index contributed by atoms with van der Waals surface area (Å²) in [5.74, 6) is 0.749. The molecule has 1 aromatic carbocycles. The number of carbonyl (C=O) groups excluding carboxylic acids is 1. The molecule has 27 heavy (non-hydrogen) atoms. The molecule has 0 saturated carbocycles. The van der Waals surface area contributed by atoms with E-state index in [0.717, 1.165) is 10.9 Å². The summed E-state index contributed by atoms with van der Waals surface area (Å²) in [4.78, 5) is 17.7. The summed E-state index contributed by atoms with van der Waals surface area (Å²) in [7, 11) is 0. The van der Waals surface area contributed by atoms with Gasteiger partial charge in [-0.3, -0.25) is 9.79 Å². The minimum atomic E-state index is -0.338. The maximum absolute atomic E-state index is 12.6. The molecule has 0 spiro atoms. The van der Waals surface area contributed by atoms with Crippen molar-refractivity contribution in [2.24, 2.45) is 16.8 Å². The molecule has 3 nitrogen and oxygen atoms in total. The molecule has 0 saturated heterocycles. The molecule has 1 N–H and O–H groups in total. The Bertz CT molecular complexity index is 828. The Morgan fingerprint density at radius 1 is 1.22 bits per heavy atom. The molecular formula is C22H27BrN2OS. The van der Waals surface area contributed by atoms with Gasteiger partial charge in [-0.1, -0.05) is 79.7 Å². The van der Waals surface area contributed by atoms with E-state index in [0.29, 0.717) is 22.6 Å². The summed E-state index contributed by atoms with van der Waals surface area (Å²) in [5, 5.41) is 3.75. The minimum Gasteiger partial charge on any atom is -0.301 e. The van der Waals surface area contributed by atoms with E-state index in [1.165, 1.54) is 5.57 Å². The molecule has 144 valence electrons. The molecule has 1 amide bonds. The number of hydrogen-bond acceptors (Lipinski definition) is 3. The number of nitrogens with zero attached hydrogens (tertiary/aromatic N) is 1. The van der Waals surface area contributed by atoms with E-state index in [-0.39, 0.29) is 16.2 Å². The normalized spacial score (nSPS) is 30.1. The van der Waals surface area contributed by atoms with Crippen molar-refractivity contribution >= 4 is 38.8 Å². The van der Waals surface area contributed by atoms with Crippen molar-refractivity contribution in [2.45, 2.75) is 51.3 Å². The molecule has 3 rings (SSSR count). The highest BCUT2D eigenvalue weighted by atomic mass is 79.9. The lowest BCUT2D eigenvalue weighted by Crippen LogP contribution is -2.45. The van der Waals surface area contributed by atoms with Crippen LogP contribution in [0.25, 0.3) is 0 Å². The first-order valence-corrected chi connectivity index (χ1v) is 11.0. The second kappa shape index (κ2) is 7.59. The van der Waals surface area contributed by atoms with Crippen LogP contribution in [0.15, 0.2) is 57.5 Å². The molecule has 0 fully saturated rings. The second-order valence-electron chi connectivity index (χ2n) is 8.35. The van der Waals surface area contributed by atoms with Gasteiger partial charge >= 0.3 is 0 Å². The van der Waals surface area contributed by atoms with Crippen molar-refractivity contribution in [1.29, 1.82) is 0 Å². The first-order valence-electron chi connectivity index (χ1n) is 9.34. The zero-order valence-electron chi connectivity index (χ0n) is 16.5. The molecule has 0 aromatic heterocycles. The van der Waals surface area contributed by atoms with E-state index >= 15 is 0 Å². The first-order chi connectivity index (χ1) is 12.6. The van der Waals surface area contributed by atoms with Crippen molar-refractivity contribution in [1.82, 2.24) is 5.32 Å². The van der Waals surface area contributed by atoms with Gasteiger partial charge in [0.05, 0.1) is 5.54 Å². The van der Waals surface area contributed by atoms with Gasteiger partial charge in [0.25, 0.3) is 5.91 Å². The third-order valence-electron chi connectivity index (χ3n) is 5.36. The third-order valence-corrected chi connectivity index (χ3v) is 6.94. The number of benzene rings is 1. The zero-order chi connectivity index (χ0) is 19.8. The molecule has 0 bridgehead atoms. The van der Waals surface area contributed by atoms with Gasteiger partial charge in [0.1, 0.15) is 0 Å². The molecular weight excluding hydrogens is 420 g/mol. The fraction of sp³-hybridized carbons (Fsp3) is 0.455. The van der Waals surface area contributed by atoms with Crippen molar-refractivity contribution in [3.05, 3.63) is 58.1 Å². The monoisotopic (exact) mass is 446 g/mol. The fourth-order valence-electron chi connectivity index (χ4n) is 4.04. The van der Waals surface area contributed by atoms with Gasteiger partial charge < -0.3 is 5.32 Å². The van der Waals surface area contributed by atoms with Crippen LogP contribution in [0.3, 0.4) is 0 Å². The maximum atomic E-state index is 12.6. The summed E-state index contributed by atoms with van der Waals surface area (Å²) in [5.41, 5.74) is 1.63. The van der Waals surface area contributed by atoms with Crippen LogP contribution in [0.5, 0.6) is 0 Å². The van der Waals surface area contributed by atoms with E-state index in [4.69, 9.17) is 4.99 Å². The number of aliphatic imine (C=N–C) groups is 1. The Labute approximate surface area is 174 Å².